The van der Waals surface area contributed by atoms with Gasteiger partial charge in [-0.2, -0.15) is 0 Å². The Bertz CT molecular complexity index is 223. The number of rotatable bonds is 5. The Morgan fingerprint density at radius 3 is 2.67 bits per heavy atom. The van der Waals surface area contributed by atoms with Gasteiger partial charge in [-0.25, -0.2) is 0 Å². The van der Waals surface area contributed by atoms with E-state index in [1.54, 1.807) is 0 Å². The lowest BCUT2D eigenvalue weighted by atomic mass is 9.87. The summed E-state index contributed by atoms with van der Waals surface area (Å²) in [4.78, 5) is 14.3. The van der Waals surface area contributed by atoms with Gasteiger partial charge >= 0.3 is 0 Å². The number of nitrogens with zero attached hydrogens (tertiary/aromatic N) is 1. The number of hydrogen-bond acceptors (Lipinski definition) is 2. The fraction of sp³-hybridized carbons (Fsp3) is 0.923. The van der Waals surface area contributed by atoms with Crippen molar-refractivity contribution < 1.29 is 4.79 Å². The quantitative estimate of drug-likeness (QED) is 0.693. The average Bonchev–Trinajstić information content (AvgIpc) is 3.04. The molecule has 2 aliphatic carbocycles. The summed E-state index contributed by atoms with van der Waals surface area (Å²) in [5, 5.41) is 0. The molecule has 0 N–H and O–H groups in total. The second-order valence-electron chi connectivity index (χ2n) is 5.14. The van der Waals surface area contributed by atoms with Crippen molar-refractivity contribution in [2.75, 3.05) is 13.1 Å². The summed E-state index contributed by atoms with van der Waals surface area (Å²) < 4.78 is 0. The van der Waals surface area contributed by atoms with E-state index in [0.717, 1.165) is 31.8 Å². The molecule has 0 aromatic heterocycles. The van der Waals surface area contributed by atoms with E-state index in [1.807, 2.05) is 0 Å². The number of hydrogen-bond donors (Lipinski definition) is 0. The van der Waals surface area contributed by atoms with Gasteiger partial charge in [0.15, 0.2) is 0 Å². The van der Waals surface area contributed by atoms with E-state index < -0.39 is 0 Å². The van der Waals surface area contributed by atoms with Crippen LogP contribution >= 0.6 is 0 Å². The van der Waals surface area contributed by atoms with E-state index in [2.05, 4.69) is 11.8 Å². The number of carbonyl (C=O) groups is 1. The Balaban J connectivity index is 1.83. The third-order valence-corrected chi connectivity index (χ3v) is 3.71. The van der Waals surface area contributed by atoms with Gasteiger partial charge in [0.05, 0.1) is 0 Å². The SMILES string of the molecule is CCCN(CC1CCCCC1=O)C1CC1. The average molecular weight is 209 g/mol. The van der Waals surface area contributed by atoms with Gasteiger partial charge in [0.25, 0.3) is 0 Å². The van der Waals surface area contributed by atoms with E-state index in [0.29, 0.717) is 11.7 Å². The normalized spacial score (nSPS) is 27.3. The molecule has 0 aromatic carbocycles. The molecule has 2 heteroatoms. The lowest BCUT2D eigenvalue weighted by Gasteiger charge is -2.28. The Kier molecular flexibility index (Phi) is 3.79. The molecule has 0 bridgehead atoms. The molecule has 1 unspecified atom stereocenters. The monoisotopic (exact) mass is 209 g/mol. The Hall–Kier alpha value is -0.370. The van der Waals surface area contributed by atoms with E-state index in [1.165, 1.54) is 32.2 Å². The molecule has 0 aliphatic heterocycles. The minimum Gasteiger partial charge on any atom is -0.300 e. The van der Waals surface area contributed by atoms with Crippen molar-refractivity contribution in [2.45, 2.75) is 57.9 Å². The van der Waals surface area contributed by atoms with Crippen molar-refractivity contribution in [3.05, 3.63) is 0 Å². The summed E-state index contributed by atoms with van der Waals surface area (Å²) in [5.74, 6) is 0.897. The Labute approximate surface area is 93.0 Å². The van der Waals surface area contributed by atoms with E-state index in [9.17, 15) is 4.79 Å². The predicted molar refractivity (Wildman–Crippen MR) is 61.9 cm³/mol. The summed E-state index contributed by atoms with van der Waals surface area (Å²) in [7, 11) is 0. The molecule has 2 saturated carbocycles. The number of carbonyl (C=O) groups excluding carboxylic acids is 1. The molecule has 1 atom stereocenters. The van der Waals surface area contributed by atoms with Crippen molar-refractivity contribution in [1.82, 2.24) is 4.90 Å². The first-order valence-corrected chi connectivity index (χ1v) is 6.58. The molecule has 0 saturated heterocycles. The maximum Gasteiger partial charge on any atom is 0.137 e. The number of ketones is 1. The molecule has 2 rings (SSSR count). The molecule has 0 spiro atoms. The Morgan fingerprint density at radius 1 is 1.27 bits per heavy atom. The number of Topliss-reactive ketones (excluding diaryl/α,β-unsaturated/α-hetero) is 1. The van der Waals surface area contributed by atoms with Gasteiger partial charge in [-0.15, -0.1) is 0 Å². The van der Waals surface area contributed by atoms with Crippen LogP contribution in [0.5, 0.6) is 0 Å². The van der Waals surface area contributed by atoms with Crippen LogP contribution in [0.4, 0.5) is 0 Å². The largest absolute Gasteiger partial charge is 0.300 e. The second-order valence-corrected chi connectivity index (χ2v) is 5.14. The van der Waals surface area contributed by atoms with E-state index in [-0.39, 0.29) is 0 Å². The maximum atomic E-state index is 11.8. The van der Waals surface area contributed by atoms with Crippen LogP contribution in [-0.2, 0) is 4.79 Å². The summed E-state index contributed by atoms with van der Waals surface area (Å²) in [6, 6.07) is 0.819. The third kappa shape index (κ3) is 3.04. The van der Waals surface area contributed by atoms with Crippen LogP contribution in [0.3, 0.4) is 0 Å². The molecule has 0 heterocycles. The molecule has 0 aromatic rings. The molecule has 15 heavy (non-hydrogen) atoms. The first-order chi connectivity index (χ1) is 7.31. The second kappa shape index (κ2) is 5.11. The van der Waals surface area contributed by atoms with Gasteiger partial charge in [-0.1, -0.05) is 13.3 Å². The topological polar surface area (TPSA) is 20.3 Å². The minimum absolute atomic E-state index is 0.367. The highest BCUT2D eigenvalue weighted by molar-refractivity contribution is 5.81. The van der Waals surface area contributed by atoms with Crippen molar-refractivity contribution in [3.8, 4) is 0 Å². The van der Waals surface area contributed by atoms with Crippen LogP contribution in [-0.4, -0.2) is 29.8 Å². The highest BCUT2D eigenvalue weighted by Gasteiger charge is 2.32. The fourth-order valence-corrected chi connectivity index (χ4v) is 2.68. The maximum absolute atomic E-state index is 11.8. The summed E-state index contributed by atoms with van der Waals surface area (Å²) >= 11 is 0. The molecule has 0 radical (unpaired) electrons. The standard InChI is InChI=1S/C13H23NO/c1-2-9-14(12-7-8-12)10-11-5-3-4-6-13(11)15/h11-12H,2-10H2,1H3. The van der Waals surface area contributed by atoms with Gasteiger partial charge < -0.3 is 0 Å². The van der Waals surface area contributed by atoms with Crippen LogP contribution < -0.4 is 0 Å². The van der Waals surface area contributed by atoms with Crippen LogP contribution in [0.1, 0.15) is 51.9 Å². The Morgan fingerprint density at radius 2 is 2.07 bits per heavy atom. The van der Waals surface area contributed by atoms with Crippen LogP contribution in [0.2, 0.25) is 0 Å². The molecule has 2 fully saturated rings. The molecular formula is C13H23NO. The molecule has 2 aliphatic rings. The first kappa shape index (κ1) is 11.1. The van der Waals surface area contributed by atoms with Gasteiger partial charge in [0, 0.05) is 24.9 Å². The van der Waals surface area contributed by atoms with Gasteiger partial charge in [0.2, 0.25) is 0 Å². The van der Waals surface area contributed by atoms with Crippen LogP contribution in [0.25, 0.3) is 0 Å². The first-order valence-electron chi connectivity index (χ1n) is 6.58. The zero-order chi connectivity index (χ0) is 10.7. The molecule has 2 nitrogen and oxygen atoms in total. The van der Waals surface area contributed by atoms with Gasteiger partial charge in [0.1, 0.15) is 5.78 Å². The van der Waals surface area contributed by atoms with Gasteiger partial charge in [-0.05, 0) is 38.6 Å². The van der Waals surface area contributed by atoms with Crippen molar-refractivity contribution >= 4 is 5.78 Å². The van der Waals surface area contributed by atoms with E-state index in [4.69, 9.17) is 0 Å². The zero-order valence-corrected chi connectivity index (χ0v) is 9.87. The smallest absolute Gasteiger partial charge is 0.137 e. The van der Waals surface area contributed by atoms with Crippen LogP contribution in [0, 0.1) is 5.92 Å². The highest BCUT2D eigenvalue weighted by atomic mass is 16.1. The van der Waals surface area contributed by atoms with E-state index >= 15 is 0 Å². The summed E-state index contributed by atoms with van der Waals surface area (Å²) in [5.41, 5.74) is 0. The summed E-state index contributed by atoms with van der Waals surface area (Å²) in [6.45, 7) is 4.48. The zero-order valence-electron chi connectivity index (χ0n) is 9.87. The fourth-order valence-electron chi connectivity index (χ4n) is 2.68. The lowest BCUT2D eigenvalue weighted by Crippen LogP contribution is -2.36. The molecule has 0 amide bonds. The van der Waals surface area contributed by atoms with Crippen molar-refractivity contribution in [3.63, 3.8) is 0 Å². The molecular weight excluding hydrogens is 186 g/mol. The third-order valence-electron chi connectivity index (χ3n) is 3.71. The highest BCUT2D eigenvalue weighted by Crippen LogP contribution is 2.30. The van der Waals surface area contributed by atoms with Crippen LogP contribution in [0.15, 0.2) is 0 Å². The van der Waals surface area contributed by atoms with Gasteiger partial charge in [-0.3, -0.25) is 9.69 Å². The minimum atomic E-state index is 0.367. The lowest BCUT2D eigenvalue weighted by molar-refractivity contribution is -0.125. The van der Waals surface area contributed by atoms with Crippen molar-refractivity contribution in [2.24, 2.45) is 5.92 Å². The van der Waals surface area contributed by atoms with Crippen molar-refractivity contribution in [1.29, 1.82) is 0 Å². The predicted octanol–water partition coefficient (Wildman–Crippen LogP) is 2.62. The molecule has 86 valence electrons. The summed E-state index contributed by atoms with van der Waals surface area (Å²) in [6.07, 6.45) is 8.33.